The van der Waals surface area contributed by atoms with Crippen molar-refractivity contribution in [3.05, 3.63) is 35.4 Å². The molecule has 1 aliphatic rings. The molecule has 1 saturated heterocycles. The van der Waals surface area contributed by atoms with E-state index in [0.29, 0.717) is 31.7 Å². The van der Waals surface area contributed by atoms with Gasteiger partial charge in [-0.05, 0) is 13.0 Å². The lowest BCUT2D eigenvalue weighted by atomic mass is 10.1. The topological polar surface area (TPSA) is 43.8 Å². The molecule has 1 aromatic carbocycles. The maximum atomic E-state index is 13.7. The second-order valence-corrected chi connectivity index (χ2v) is 5.05. The van der Waals surface area contributed by atoms with Crippen LogP contribution in [0.5, 0.6) is 0 Å². The van der Waals surface area contributed by atoms with Gasteiger partial charge >= 0.3 is 5.97 Å². The van der Waals surface area contributed by atoms with Gasteiger partial charge in [0.2, 0.25) is 0 Å². The van der Waals surface area contributed by atoms with Gasteiger partial charge in [0.25, 0.3) is 0 Å². The summed E-state index contributed by atoms with van der Waals surface area (Å²) >= 11 is 0. The second-order valence-electron chi connectivity index (χ2n) is 5.05. The number of carbonyl (C=O) groups is 1. The molecule has 0 radical (unpaired) electrons. The van der Waals surface area contributed by atoms with Gasteiger partial charge in [0.1, 0.15) is 11.6 Å². The summed E-state index contributed by atoms with van der Waals surface area (Å²) in [5.41, 5.74) is 0.470. The van der Waals surface area contributed by atoms with Crippen LogP contribution in [0.2, 0.25) is 0 Å². The predicted molar refractivity (Wildman–Crippen MR) is 70.4 cm³/mol. The predicted octanol–water partition coefficient (Wildman–Crippen LogP) is 1.73. The fourth-order valence-electron chi connectivity index (χ4n) is 2.54. The summed E-state index contributed by atoms with van der Waals surface area (Å²) in [6.45, 7) is 4.53. The highest BCUT2D eigenvalue weighted by Gasteiger charge is 2.24. The molecule has 1 fully saturated rings. The lowest BCUT2D eigenvalue weighted by molar-refractivity contribution is -0.138. The first kappa shape index (κ1) is 14.9. The van der Waals surface area contributed by atoms with E-state index in [0.717, 1.165) is 6.07 Å². The van der Waals surface area contributed by atoms with Gasteiger partial charge in [0.05, 0.1) is 6.54 Å². The zero-order chi connectivity index (χ0) is 14.7. The highest BCUT2D eigenvalue weighted by atomic mass is 19.1. The summed E-state index contributed by atoms with van der Waals surface area (Å²) in [6.07, 6.45) is 0. The lowest BCUT2D eigenvalue weighted by Gasteiger charge is -2.37. The second kappa shape index (κ2) is 6.28. The van der Waals surface area contributed by atoms with Crippen molar-refractivity contribution in [2.45, 2.75) is 13.0 Å². The maximum absolute atomic E-state index is 13.7. The van der Waals surface area contributed by atoms with E-state index in [-0.39, 0.29) is 12.6 Å². The Morgan fingerprint density at radius 2 is 1.95 bits per heavy atom. The summed E-state index contributed by atoms with van der Waals surface area (Å²) < 4.78 is 26.7. The quantitative estimate of drug-likeness (QED) is 0.914. The Bertz CT molecular complexity index is 488. The SMILES string of the molecule is C[C@@H](c1ccc(F)cc1F)N1CCN(CC(=O)O)CC1. The number of hydrogen-bond donors (Lipinski definition) is 1. The largest absolute Gasteiger partial charge is 0.480 e. The molecule has 0 unspecified atom stereocenters. The minimum absolute atomic E-state index is 0.0349. The van der Waals surface area contributed by atoms with Crippen LogP contribution in [0.25, 0.3) is 0 Å². The van der Waals surface area contributed by atoms with Crippen molar-refractivity contribution in [2.75, 3.05) is 32.7 Å². The van der Waals surface area contributed by atoms with Crippen LogP contribution >= 0.6 is 0 Å². The number of carboxylic acid groups (broad SMARTS) is 1. The maximum Gasteiger partial charge on any atom is 0.317 e. The normalized spacial score (nSPS) is 18.9. The lowest BCUT2D eigenvalue weighted by Crippen LogP contribution is -2.48. The molecule has 110 valence electrons. The number of hydrogen-bond acceptors (Lipinski definition) is 3. The van der Waals surface area contributed by atoms with Crippen molar-refractivity contribution in [3.63, 3.8) is 0 Å². The van der Waals surface area contributed by atoms with Crippen molar-refractivity contribution >= 4 is 5.97 Å². The summed E-state index contributed by atoms with van der Waals surface area (Å²) in [6, 6.07) is 3.48. The Morgan fingerprint density at radius 3 is 2.50 bits per heavy atom. The van der Waals surface area contributed by atoms with Gasteiger partial charge in [-0.1, -0.05) is 6.07 Å². The molecule has 0 bridgehead atoms. The van der Waals surface area contributed by atoms with E-state index in [1.165, 1.54) is 12.1 Å². The number of aliphatic carboxylic acids is 1. The Hall–Kier alpha value is -1.53. The monoisotopic (exact) mass is 284 g/mol. The van der Waals surface area contributed by atoms with Gasteiger partial charge < -0.3 is 5.11 Å². The molecule has 1 N–H and O–H groups in total. The van der Waals surface area contributed by atoms with Crippen LogP contribution in [0, 0.1) is 11.6 Å². The van der Waals surface area contributed by atoms with E-state index in [9.17, 15) is 13.6 Å². The molecule has 1 aliphatic heterocycles. The molecule has 6 heteroatoms. The molecule has 20 heavy (non-hydrogen) atoms. The van der Waals surface area contributed by atoms with E-state index in [2.05, 4.69) is 4.90 Å². The van der Waals surface area contributed by atoms with Crippen LogP contribution in [0.1, 0.15) is 18.5 Å². The van der Waals surface area contributed by atoms with Crippen molar-refractivity contribution in [2.24, 2.45) is 0 Å². The molecular weight excluding hydrogens is 266 g/mol. The van der Waals surface area contributed by atoms with E-state index in [4.69, 9.17) is 5.11 Å². The third kappa shape index (κ3) is 3.52. The Balaban J connectivity index is 1.97. The molecule has 1 aromatic rings. The van der Waals surface area contributed by atoms with Gasteiger partial charge in [0.15, 0.2) is 0 Å². The zero-order valence-electron chi connectivity index (χ0n) is 11.4. The summed E-state index contributed by atoms with van der Waals surface area (Å²) in [5, 5.41) is 8.74. The van der Waals surface area contributed by atoms with Crippen molar-refractivity contribution in [1.82, 2.24) is 9.80 Å². The third-order valence-corrected chi connectivity index (χ3v) is 3.73. The minimum atomic E-state index is -0.837. The van der Waals surface area contributed by atoms with Crippen molar-refractivity contribution in [1.29, 1.82) is 0 Å². The number of carboxylic acids is 1. The average Bonchev–Trinajstić information content (AvgIpc) is 2.38. The van der Waals surface area contributed by atoms with Crippen LogP contribution in [-0.4, -0.2) is 53.6 Å². The number of halogens is 2. The number of nitrogens with zero attached hydrogens (tertiary/aromatic N) is 2. The number of rotatable bonds is 4. The molecule has 0 spiro atoms. The van der Waals surface area contributed by atoms with Gasteiger partial charge in [-0.3, -0.25) is 14.6 Å². The van der Waals surface area contributed by atoms with Gasteiger partial charge in [0, 0.05) is 43.9 Å². The summed E-state index contributed by atoms with van der Waals surface area (Å²) in [5.74, 6) is -1.95. The highest BCUT2D eigenvalue weighted by molar-refractivity contribution is 5.69. The van der Waals surface area contributed by atoms with Gasteiger partial charge in [-0.25, -0.2) is 8.78 Å². The standard InChI is InChI=1S/C14H18F2N2O2/c1-10(12-3-2-11(15)8-13(12)16)18-6-4-17(5-7-18)9-14(19)20/h2-3,8,10H,4-7,9H2,1H3,(H,19,20)/t10-/m0/s1. The van der Waals surface area contributed by atoms with Crippen molar-refractivity contribution < 1.29 is 18.7 Å². The molecule has 0 aliphatic carbocycles. The van der Waals surface area contributed by atoms with E-state index < -0.39 is 17.6 Å². The van der Waals surface area contributed by atoms with Crippen LogP contribution in [0.4, 0.5) is 8.78 Å². The van der Waals surface area contributed by atoms with E-state index in [1.54, 1.807) is 0 Å². The first-order valence-electron chi connectivity index (χ1n) is 6.60. The van der Waals surface area contributed by atoms with E-state index >= 15 is 0 Å². The van der Waals surface area contributed by atoms with Crippen LogP contribution in [-0.2, 0) is 4.79 Å². The third-order valence-electron chi connectivity index (χ3n) is 3.73. The van der Waals surface area contributed by atoms with Crippen LogP contribution < -0.4 is 0 Å². The first-order chi connectivity index (χ1) is 9.47. The van der Waals surface area contributed by atoms with Gasteiger partial charge in [-0.2, -0.15) is 0 Å². The average molecular weight is 284 g/mol. The molecule has 1 atom stereocenters. The van der Waals surface area contributed by atoms with Crippen LogP contribution in [0.3, 0.4) is 0 Å². The minimum Gasteiger partial charge on any atom is -0.480 e. The first-order valence-corrected chi connectivity index (χ1v) is 6.60. The van der Waals surface area contributed by atoms with Crippen molar-refractivity contribution in [3.8, 4) is 0 Å². The molecule has 4 nitrogen and oxygen atoms in total. The molecule has 0 aromatic heterocycles. The Labute approximate surface area is 116 Å². The molecule has 0 amide bonds. The summed E-state index contributed by atoms with van der Waals surface area (Å²) in [4.78, 5) is 14.6. The Kier molecular flexibility index (Phi) is 4.67. The zero-order valence-corrected chi connectivity index (χ0v) is 11.4. The summed E-state index contributed by atoms with van der Waals surface area (Å²) in [7, 11) is 0. The molecule has 0 saturated carbocycles. The smallest absolute Gasteiger partial charge is 0.317 e. The Morgan fingerprint density at radius 1 is 1.30 bits per heavy atom. The van der Waals surface area contributed by atoms with Gasteiger partial charge in [-0.15, -0.1) is 0 Å². The molecule has 2 rings (SSSR count). The highest BCUT2D eigenvalue weighted by Crippen LogP contribution is 2.24. The van der Waals surface area contributed by atoms with Crippen LogP contribution in [0.15, 0.2) is 18.2 Å². The molecule has 1 heterocycles. The van der Waals surface area contributed by atoms with E-state index in [1.807, 2.05) is 11.8 Å². The molecular formula is C14H18F2N2O2. The fourth-order valence-corrected chi connectivity index (χ4v) is 2.54. The number of benzene rings is 1. The fraction of sp³-hybridized carbons (Fsp3) is 0.500. The number of piperazine rings is 1.